The fourth-order valence-corrected chi connectivity index (χ4v) is 1.14. The minimum absolute atomic E-state index is 0.456. The molecule has 71 valence electrons. The molecule has 2 heteroatoms. The van der Waals surface area contributed by atoms with Crippen LogP contribution in [0.25, 0.3) is 0 Å². The maximum Gasteiger partial charge on any atom is 0.417 e. The molecule has 0 saturated heterocycles. The molecule has 0 aliphatic heterocycles. The molecule has 12 heavy (non-hydrogen) atoms. The fourth-order valence-electron chi connectivity index (χ4n) is 1.14. The van der Waals surface area contributed by atoms with E-state index in [0.717, 1.165) is 0 Å². The molecule has 0 rings (SSSR count). The third kappa shape index (κ3) is 5.16. The lowest BCUT2D eigenvalue weighted by Gasteiger charge is -2.17. The van der Waals surface area contributed by atoms with E-state index in [2.05, 4.69) is 25.5 Å². The summed E-state index contributed by atoms with van der Waals surface area (Å²) in [5.74, 6) is 1.09. The average Bonchev–Trinajstić information content (AvgIpc) is 2.10. The first-order chi connectivity index (χ1) is 5.72. The van der Waals surface area contributed by atoms with E-state index in [0.29, 0.717) is 18.4 Å². The predicted octanol–water partition coefficient (Wildman–Crippen LogP) is 2.53. The molecular weight excluding hydrogens is 152 g/mol. The van der Waals surface area contributed by atoms with Crippen LogP contribution >= 0.6 is 0 Å². The monoisotopic (exact) mass is 171 g/mol. The van der Waals surface area contributed by atoms with Gasteiger partial charge in [-0.2, -0.15) is 0 Å². The molecule has 0 bridgehead atoms. The van der Waals surface area contributed by atoms with Crippen molar-refractivity contribution >= 4 is 6.47 Å². The van der Waals surface area contributed by atoms with Gasteiger partial charge >= 0.3 is 6.47 Å². The van der Waals surface area contributed by atoms with Crippen molar-refractivity contribution in [2.75, 3.05) is 6.61 Å². The zero-order chi connectivity index (χ0) is 9.40. The number of ether oxygens (including phenoxy) is 1. The van der Waals surface area contributed by atoms with Crippen molar-refractivity contribution in [2.24, 2.45) is 11.8 Å². The maximum atomic E-state index is 9.80. The molecule has 0 aliphatic carbocycles. The Labute approximate surface area is 75.3 Å². The summed E-state index contributed by atoms with van der Waals surface area (Å²) < 4.78 is 4.59. The van der Waals surface area contributed by atoms with Crippen LogP contribution in [0.2, 0.25) is 0 Å². The Balaban J connectivity index is 3.45. The fraction of sp³-hybridized carbons (Fsp3) is 0.900. The quantitative estimate of drug-likeness (QED) is 0.588. The third-order valence-electron chi connectivity index (χ3n) is 2.39. The first-order valence-electron chi connectivity index (χ1n) is 4.71. The molecule has 1 radical (unpaired) electrons. The largest absolute Gasteiger partial charge is 0.457 e. The van der Waals surface area contributed by atoms with Crippen LogP contribution in [0, 0.1) is 11.8 Å². The second kappa shape index (κ2) is 7.14. The van der Waals surface area contributed by atoms with E-state index in [9.17, 15) is 4.79 Å². The van der Waals surface area contributed by atoms with Gasteiger partial charge in [0.1, 0.15) is 0 Å². The summed E-state index contributed by atoms with van der Waals surface area (Å²) in [5.41, 5.74) is 0. The Hall–Kier alpha value is -0.530. The van der Waals surface area contributed by atoms with E-state index in [-0.39, 0.29) is 0 Å². The van der Waals surface area contributed by atoms with Crippen molar-refractivity contribution < 1.29 is 9.53 Å². The topological polar surface area (TPSA) is 26.3 Å². The molecule has 0 spiro atoms. The Bertz CT molecular complexity index is 112. The highest BCUT2D eigenvalue weighted by molar-refractivity contribution is 5.38. The van der Waals surface area contributed by atoms with Crippen molar-refractivity contribution in [3.63, 3.8) is 0 Å². The molecule has 0 saturated carbocycles. The van der Waals surface area contributed by atoms with Crippen LogP contribution in [0.1, 0.15) is 40.0 Å². The van der Waals surface area contributed by atoms with Crippen LogP contribution in [0.15, 0.2) is 0 Å². The lowest BCUT2D eigenvalue weighted by Crippen LogP contribution is -2.14. The zero-order valence-electron chi connectivity index (χ0n) is 8.30. The molecule has 0 aromatic rings. The van der Waals surface area contributed by atoms with Crippen LogP contribution in [0.5, 0.6) is 0 Å². The lowest BCUT2D eigenvalue weighted by atomic mass is 9.92. The molecule has 0 N–H and O–H groups in total. The van der Waals surface area contributed by atoms with E-state index in [1.165, 1.54) is 25.7 Å². The van der Waals surface area contributed by atoms with E-state index in [4.69, 9.17) is 0 Å². The van der Waals surface area contributed by atoms with E-state index in [1.54, 1.807) is 0 Å². The lowest BCUT2D eigenvalue weighted by molar-refractivity contribution is 0.189. The van der Waals surface area contributed by atoms with Gasteiger partial charge in [-0.25, -0.2) is 4.79 Å². The van der Waals surface area contributed by atoms with Crippen LogP contribution < -0.4 is 0 Å². The zero-order valence-corrected chi connectivity index (χ0v) is 8.30. The van der Waals surface area contributed by atoms with Crippen LogP contribution in [0.3, 0.4) is 0 Å². The molecule has 2 unspecified atom stereocenters. The summed E-state index contributed by atoms with van der Waals surface area (Å²) in [6.07, 6.45) is 3.72. The van der Waals surface area contributed by atoms with Gasteiger partial charge in [-0.05, 0) is 11.8 Å². The van der Waals surface area contributed by atoms with Gasteiger partial charge in [-0.3, -0.25) is 0 Å². The van der Waals surface area contributed by atoms with E-state index >= 15 is 0 Å². The highest BCUT2D eigenvalue weighted by Gasteiger charge is 2.11. The normalized spacial score (nSPS) is 15.2. The third-order valence-corrected chi connectivity index (χ3v) is 2.39. The number of rotatable bonds is 7. The summed E-state index contributed by atoms with van der Waals surface area (Å²) in [6, 6.07) is 0. The van der Waals surface area contributed by atoms with E-state index < -0.39 is 0 Å². The summed E-state index contributed by atoms with van der Waals surface area (Å²) in [6.45, 7) is 8.47. The highest BCUT2D eigenvalue weighted by atomic mass is 16.5. The average molecular weight is 171 g/mol. The molecule has 2 nitrogen and oxygen atoms in total. The molecule has 0 fully saturated rings. The van der Waals surface area contributed by atoms with Gasteiger partial charge in [0.15, 0.2) is 0 Å². The van der Waals surface area contributed by atoms with Gasteiger partial charge in [-0.15, -0.1) is 0 Å². The van der Waals surface area contributed by atoms with Crippen molar-refractivity contribution in [3.8, 4) is 0 Å². The molecule has 2 atom stereocenters. The summed E-state index contributed by atoms with van der Waals surface area (Å²) >= 11 is 0. The molecule has 0 amide bonds. The van der Waals surface area contributed by atoms with Gasteiger partial charge in [0, 0.05) is 0 Å². The van der Waals surface area contributed by atoms with Gasteiger partial charge < -0.3 is 4.74 Å². The Morgan fingerprint density at radius 2 is 2.00 bits per heavy atom. The van der Waals surface area contributed by atoms with Crippen molar-refractivity contribution in [3.05, 3.63) is 0 Å². The molecule has 0 heterocycles. The van der Waals surface area contributed by atoms with Crippen LogP contribution in [-0.2, 0) is 9.53 Å². The molecule has 0 aromatic carbocycles. The van der Waals surface area contributed by atoms with E-state index in [1.807, 2.05) is 0 Å². The standard InChI is InChI=1S/C10H19O2/c1-4-5-6-9(2)10(3)7-12-8-11/h9-10H,4-7H2,1-3H3. The van der Waals surface area contributed by atoms with Crippen molar-refractivity contribution in [2.45, 2.75) is 40.0 Å². The molecule has 0 aliphatic rings. The Morgan fingerprint density at radius 1 is 1.33 bits per heavy atom. The van der Waals surface area contributed by atoms with Gasteiger partial charge in [0.25, 0.3) is 0 Å². The summed E-state index contributed by atoms with van der Waals surface area (Å²) in [4.78, 5) is 9.80. The highest BCUT2D eigenvalue weighted by Crippen LogP contribution is 2.17. The smallest absolute Gasteiger partial charge is 0.417 e. The first-order valence-corrected chi connectivity index (χ1v) is 4.71. The van der Waals surface area contributed by atoms with Gasteiger partial charge in [-0.1, -0.05) is 40.0 Å². The van der Waals surface area contributed by atoms with Crippen LogP contribution in [-0.4, -0.2) is 13.1 Å². The number of hydrogen-bond donors (Lipinski definition) is 0. The number of hydrogen-bond acceptors (Lipinski definition) is 2. The van der Waals surface area contributed by atoms with Crippen LogP contribution in [0.4, 0.5) is 0 Å². The first kappa shape index (κ1) is 11.5. The van der Waals surface area contributed by atoms with Crippen molar-refractivity contribution in [1.82, 2.24) is 0 Å². The minimum Gasteiger partial charge on any atom is -0.457 e. The van der Waals surface area contributed by atoms with Gasteiger partial charge in [0.05, 0.1) is 6.61 Å². The maximum absolute atomic E-state index is 9.80. The van der Waals surface area contributed by atoms with Gasteiger partial charge in [0.2, 0.25) is 0 Å². The number of unbranched alkanes of at least 4 members (excludes halogenated alkanes) is 1. The minimum atomic E-state index is 0.456. The SMILES string of the molecule is CCCCC(C)C(C)CO[C]=O. The van der Waals surface area contributed by atoms with Crippen molar-refractivity contribution in [1.29, 1.82) is 0 Å². The summed E-state index contributed by atoms with van der Waals surface area (Å²) in [7, 11) is 0. The molecule has 0 aromatic heterocycles. The Morgan fingerprint density at radius 3 is 2.50 bits per heavy atom. The predicted molar refractivity (Wildman–Crippen MR) is 49.5 cm³/mol. The second-order valence-corrected chi connectivity index (χ2v) is 3.49. The summed E-state index contributed by atoms with van der Waals surface area (Å²) in [5, 5.41) is 0. The second-order valence-electron chi connectivity index (χ2n) is 3.49. The molecular formula is C10H19O2. The Kier molecular flexibility index (Phi) is 6.82. The number of carbonyl (C=O) groups excluding carboxylic acids is 1.